The Kier molecular flexibility index (Phi) is 3.79. The number of aryl methyl sites for hydroxylation is 1. The Morgan fingerprint density at radius 2 is 1.75 bits per heavy atom. The zero-order valence-corrected chi connectivity index (χ0v) is 14.0. The Balaban J connectivity index is 1.76. The van der Waals surface area contributed by atoms with Crippen LogP contribution in [0.3, 0.4) is 0 Å². The highest BCUT2D eigenvalue weighted by Gasteiger charge is 2.11. The maximum absolute atomic E-state index is 5.98. The molecule has 0 amide bonds. The molecule has 118 valence electrons. The number of nitrogens with zero attached hydrogens (tertiary/aromatic N) is 3. The second kappa shape index (κ2) is 6.10. The van der Waals surface area contributed by atoms with E-state index < -0.39 is 0 Å². The van der Waals surface area contributed by atoms with Gasteiger partial charge < -0.3 is 0 Å². The predicted octanol–water partition coefficient (Wildman–Crippen LogP) is 4.95. The first-order valence-electron chi connectivity index (χ1n) is 7.84. The van der Waals surface area contributed by atoms with Crippen LogP contribution < -0.4 is 0 Å². The lowest BCUT2D eigenvalue weighted by atomic mass is 10.1. The van der Waals surface area contributed by atoms with Gasteiger partial charge in [0.25, 0.3) is 0 Å². The van der Waals surface area contributed by atoms with E-state index in [-0.39, 0.29) is 0 Å². The SMILES string of the molecule is Cc1nc2c(-c3ccc(Cl)cc3)cnn2cc1Cc1ccccc1. The van der Waals surface area contributed by atoms with Gasteiger partial charge >= 0.3 is 0 Å². The molecule has 0 bridgehead atoms. The molecular weight excluding hydrogens is 318 g/mol. The minimum atomic E-state index is 0.726. The van der Waals surface area contributed by atoms with Gasteiger partial charge in [0.05, 0.1) is 6.20 Å². The molecule has 2 aromatic carbocycles. The number of hydrogen-bond donors (Lipinski definition) is 0. The Labute approximate surface area is 145 Å². The fourth-order valence-corrected chi connectivity index (χ4v) is 2.98. The van der Waals surface area contributed by atoms with Crippen LogP contribution in [0, 0.1) is 6.92 Å². The van der Waals surface area contributed by atoms with E-state index in [0.717, 1.165) is 33.9 Å². The summed E-state index contributed by atoms with van der Waals surface area (Å²) in [5.41, 5.74) is 6.43. The van der Waals surface area contributed by atoms with Crippen molar-refractivity contribution in [3.63, 3.8) is 0 Å². The van der Waals surface area contributed by atoms with Crippen molar-refractivity contribution in [1.82, 2.24) is 14.6 Å². The van der Waals surface area contributed by atoms with Gasteiger partial charge in [0.1, 0.15) is 0 Å². The maximum Gasteiger partial charge on any atom is 0.163 e. The second-order valence-electron chi connectivity index (χ2n) is 5.85. The summed E-state index contributed by atoms with van der Waals surface area (Å²) in [7, 11) is 0. The molecule has 0 saturated carbocycles. The van der Waals surface area contributed by atoms with Gasteiger partial charge in [-0.1, -0.05) is 54.1 Å². The third kappa shape index (κ3) is 2.79. The molecule has 0 spiro atoms. The van der Waals surface area contributed by atoms with E-state index in [1.807, 2.05) is 41.0 Å². The van der Waals surface area contributed by atoms with Crippen LogP contribution in [0.1, 0.15) is 16.8 Å². The molecule has 2 aromatic heterocycles. The van der Waals surface area contributed by atoms with Gasteiger partial charge in [-0.2, -0.15) is 5.10 Å². The molecule has 0 aliphatic heterocycles. The molecular formula is C20H16ClN3. The summed E-state index contributed by atoms with van der Waals surface area (Å²) in [4.78, 5) is 4.80. The van der Waals surface area contributed by atoms with Gasteiger partial charge in [-0.15, -0.1) is 0 Å². The van der Waals surface area contributed by atoms with Crippen LogP contribution in [0.5, 0.6) is 0 Å². The molecule has 0 unspecified atom stereocenters. The Morgan fingerprint density at radius 3 is 2.50 bits per heavy atom. The molecule has 0 radical (unpaired) electrons. The molecule has 0 atom stereocenters. The Bertz CT molecular complexity index is 989. The molecule has 24 heavy (non-hydrogen) atoms. The fourth-order valence-electron chi connectivity index (χ4n) is 2.86. The summed E-state index contributed by atoms with van der Waals surface area (Å²) in [5, 5.41) is 5.21. The molecule has 0 aliphatic rings. The van der Waals surface area contributed by atoms with Crippen molar-refractivity contribution in [3.8, 4) is 11.1 Å². The quantitative estimate of drug-likeness (QED) is 0.531. The zero-order valence-electron chi connectivity index (χ0n) is 13.3. The third-order valence-corrected chi connectivity index (χ3v) is 4.43. The highest BCUT2D eigenvalue weighted by atomic mass is 35.5. The number of halogens is 1. The van der Waals surface area contributed by atoms with E-state index in [4.69, 9.17) is 16.6 Å². The molecule has 0 N–H and O–H groups in total. The van der Waals surface area contributed by atoms with Crippen molar-refractivity contribution < 1.29 is 0 Å². The van der Waals surface area contributed by atoms with Gasteiger partial charge in [-0.05, 0) is 35.7 Å². The molecule has 3 nitrogen and oxygen atoms in total. The fraction of sp³-hybridized carbons (Fsp3) is 0.100. The minimum Gasteiger partial charge on any atom is -0.233 e. The Hall–Kier alpha value is -2.65. The lowest BCUT2D eigenvalue weighted by Crippen LogP contribution is -2.00. The first-order chi connectivity index (χ1) is 11.7. The maximum atomic E-state index is 5.98. The largest absolute Gasteiger partial charge is 0.233 e. The minimum absolute atomic E-state index is 0.726. The average molecular weight is 334 g/mol. The van der Waals surface area contributed by atoms with Gasteiger partial charge in [0, 0.05) is 28.9 Å². The van der Waals surface area contributed by atoms with E-state index >= 15 is 0 Å². The van der Waals surface area contributed by atoms with Crippen molar-refractivity contribution in [1.29, 1.82) is 0 Å². The number of hydrogen-bond acceptors (Lipinski definition) is 2. The van der Waals surface area contributed by atoms with Crippen LogP contribution in [0.15, 0.2) is 67.0 Å². The molecule has 0 aliphatic carbocycles. The van der Waals surface area contributed by atoms with Crippen molar-refractivity contribution in [3.05, 3.63) is 88.8 Å². The van der Waals surface area contributed by atoms with Crippen LogP contribution in [0.4, 0.5) is 0 Å². The average Bonchev–Trinajstić information content (AvgIpc) is 2.99. The topological polar surface area (TPSA) is 30.2 Å². The summed E-state index contributed by atoms with van der Waals surface area (Å²) in [5.74, 6) is 0. The highest BCUT2D eigenvalue weighted by molar-refractivity contribution is 6.30. The predicted molar refractivity (Wildman–Crippen MR) is 97.4 cm³/mol. The molecule has 2 heterocycles. The van der Waals surface area contributed by atoms with E-state index in [0.29, 0.717) is 0 Å². The Morgan fingerprint density at radius 1 is 1.00 bits per heavy atom. The summed E-state index contributed by atoms with van der Waals surface area (Å²) >= 11 is 5.98. The molecule has 0 saturated heterocycles. The van der Waals surface area contributed by atoms with Gasteiger partial charge in [-0.3, -0.25) is 0 Å². The number of fused-ring (bicyclic) bond motifs is 1. The van der Waals surface area contributed by atoms with E-state index in [1.165, 1.54) is 11.1 Å². The third-order valence-electron chi connectivity index (χ3n) is 4.18. The molecule has 4 heteroatoms. The first kappa shape index (κ1) is 14.9. The van der Waals surface area contributed by atoms with Gasteiger partial charge in [-0.25, -0.2) is 9.50 Å². The lowest BCUT2D eigenvalue weighted by molar-refractivity contribution is 0.901. The van der Waals surface area contributed by atoms with Crippen LogP contribution in [0.25, 0.3) is 16.8 Å². The van der Waals surface area contributed by atoms with Crippen molar-refractivity contribution in [2.24, 2.45) is 0 Å². The molecule has 4 rings (SSSR count). The first-order valence-corrected chi connectivity index (χ1v) is 8.22. The van der Waals surface area contributed by atoms with Crippen LogP contribution in [-0.4, -0.2) is 14.6 Å². The van der Waals surface area contributed by atoms with Crippen LogP contribution in [0.2, 0.25) is 5.02 Å². The zero-order chi connectivity index (χ0) is 16.5. The van der Waals surface area contributed by atoms with E-state index in [1.54, 1.807) is 0 Å². The normalized spacial score (nSPS) is 11.1. The lowest BCUT2D eigenvalue weighted by Gasteiger charge is -2.07. The van der Waals surface area contributed by atoms with E-state index in [2.05, 4.69) is 42.5 Å². The summed E-state index contributed by atoms with van der Waals surface area (Å²) < 4.78 is 1.86. The monoisotopic (exact) mass is 333 g/mol. The second-order valence-corrected chi connectivity index (χ2v) is 6.28. The number of rotatable bonds is 3. The molecule has 0 fully saturated rings. The van der Waals surface area contributed by atoms with Crippen molar-refractivity contribution in [2.45, 2.75) is 13.3 Å². The highest BCUT2D eigenvalue weighted by Crippen LogP contribution is 2.26. The summed E-state index contributed by atoms with van der Waals surface area (Å²) in [6, 6.07) is 18.2. The summed E-state index contributed by atoms with van der Waals surface area (Å²) in [6.07, 6.45) is 4.78. The van der Waals surface area contributed by atoms with Crippen molar-refractivity contribution >= 4 is 17.2 Å². The number of benzene rings is 2. The van der Waals surface area contributed by atoms with E-state index in [9.17, 15) is 0 Å². The molecule has 4 aromatic rings. The van der Waals surface area contributed by atoms with Crippen LogP contribution in [-0.2, 0) is 6.42 Å². The van der Waals surface area contributed by atoms with Gasteiger partial charge in [0.2, 0.25) is 0 Å². The van der Waals surface area contributed by atoms with Crippen molar-refractivity contribution in [2.75, 3.05) is 0 Å². The van der Waals surface area contributed by atoms with Crippen LogP contribution >= 0.6 is 11.6 Å². The standard InChI is InChI=1S/C20H16ClN3/c1-14-17(11-15-5-3-2-4-6-15)13-24-20(23-14)19(12-22-24)16-7-9-18(21)10-8-16/h2-10,12-13H,11H2,1H3. The summed E-state index contributed by atoms with van der Waals surface area (Å²) in [6.45, 7) is 2.05. The number of aromatic nitrogens is 3. The van der Waals surface area contributed by atoms with Gasteiger partial charge in [0.15, 0.2) is 5.65 Å². The smallest absolute Gasteiger partial charge is 0.163 e.